The van der Waals surface area contributed by atoms with Crippen molar-refractivity contribution in [2.45, 2.75) is 39.2 Å². The highest BCUT2D eigenvalue weighted by Gasteiger charge is 2.17. The summed E-state index contributed by atoms with van der Waals surface area (Å²) in [7, 11) is 0. The van der Waals surface area contributed by atoms with Crippen molar-refractivity contribution in [3.8, 4) is 0 Å². The van der Waals surface area contributed by atoms with Crippen LogP contribution in [0.4, 0.5) is 0 Å². The molecule has 2 atom stereocenters. The van der Waals surface area contributed by atoms with Crippen LogP contribution in [0, 0.1) is 5.92 Å². The van der Waals surface area contributed by atoms with Crippen LogP contribution in [0.1, 0.15) is 33.1 Å². The Hall–Kier alpha value is -0.300. The van der Waals surface area contributed by atoms with Gasteiger partial charge < -0.3 is 4.74 Å². The summed E-state index contributed by atoms with van der Waals surface area (Å²) in [6.45, 7) is 5.27. The topological polar surface area (TPSA) is 9.23 Å². The normalized spacial score (nSPS) is 29.1. The highest BCUT2D eigenvalue weighted by Crippen LogP contribution is 2.20. The third kappa shape index (κ3) is 2.66. The van der Waals surface area contributed by atoms with E-state index in [1.807, 2.05) is 0 Å². The lowest BCUT2D eigenvalue weighted by molar-refractivity contribution is -0.00482. The largest absolute Gasteiger partial charge is 0.378 e. The molecular weight excluding hydrogens is 136 g/mol. The van der Waals surface area contributed by atoms with Crippen LogP contribution in [0.15, 0.2) is 12.2 Å². The van der Waals surface area contributed by atoms with Crippen LogP contribution in [0.2, 0.25) is 0 Å². The summed E-state index contributed by atoms with van der Waals surface area (Å²) in [5.41, 5.74) is 0. The predicted octanol–water partition coefficient (Wildman–Crippen LogP) is 2.77. The molecule has 0 N–H and O–H groups in total. The molecule has 0 aliphatic carbocycles. The minimum absolute atomic E-state index is 0.486. The molecule has 0 spiro atoms. The Labute approximate surface area is 69.4 Å². The first-order valence-electron chi connectivity index (χ1n) is 4.59. The van der Waals surface area contributed by atoms with E-state index >= 15 is 0 Å². The second kappa shape index (κ2) is 4.55. The number of hydrogen-bond donors (Lipinski definition) is 0. The van der Waals surface area contributed by atoms with E-state index in [1.54, 1.807) is 0 Å². The molecule has 0 amide bonds. The van der Waals surface area contributed by atoms with Crippen molar-refractivity contribution < 1.29 is 4.74 Å². The number of rotatable bonds is 2. The summed E-state index contributed by atoms with van der Waals surface area (Å²) in [6, 6.07) is 0. The Morgan fingerprint density at radius 1 is 1.45 bits per heavy atom. The molecule has 0 bridgehead atoms. The van der Waals surface area contributed by atoms with Gasteiger partial charge in [-0.1, -0.05) is 19.1 Å². The van der Waals surface area contributed by atoms with Gasteiger partial charge in [0.15, 0.2) is 0 Å². The van der Waals surface area contributed by atoms with Crippen molar-refractivity contribution in [3.63, 3.8) is 0 Å². The quantitative estimate of drug-likeness (QED) is 0.556. The van der Waals surface area contributed by atoms with Gasteiger partial charge in [0.25, 0.3) is 0 Å². The van der Waals surface area contributed by atoms with Crippen molar-refractivity contribution in [3.05, 3.63) is 12.2 Å². The fourth-order valence-electron chi connectivity index (χ4n) is 1.61. The molecule has 1 aliphatic rings. The highest BCUT2D eigenvalue weighted by molar-refractivity contribution is 4.88. The molecule has 1 heterocycles. The van der Waals surface area contributed by atoms with Gasteiger partial charge in [0.05, 0.1) is 6.10 Å². The Morgan fingerprint density at radius 3 is 2.82 bits per heavy atom. The van der Waals surface area contributed by atoms with E-state index in [0.29, 0.717) is 12.0 Å². The average Bonchev–Trinajstić information content (AvgIpc) is 2.07. The number of hydrogen-bond acceptors (Lipinski definition) is 1. The summed E-state index contributed by atoms with van der Waals surface area (Å²) < 4.78 is 5.64. The van der Waals surface area contributed by atoms with Gasteiger partial charge in [0.1, 0.15) is 0 Å². The lowest BCUT2D eigenvalue weighted by Gasteiger charge is -2.26. The average molecular weight is 154 g/mol. The van der Waals surface area contributed by atoms with Gasteiger partial charge in [-0.2, -0.15) is 0 Å². The summed E-state index contributed by atoms with van der Waals surface area (Å²) in [5.74, 6) is 0.597. The maximum absolute atomic E-state index is 5.64. The van der Waals surface area contributed by atoms with Crippen LogP contribution in [0.5, 0.6) is 0 Å². The fraction of sp³-hybridized carbons (Fsp3) is 0.800. The van der Waals surface area contributed by atoms with Gasteiger partial charge >= 0.3 is 0 Å². The smallest absolute Gasteiger partial charge is 0.0635 e. The number of ether oxygens (including phenoxy) is 1. The zero-order valence-electron chi connectivity index (χ0n) is 7.55. The summed E-state index contributed by atoms with van der Waals surface area (Å²) in [4.78, 5) is 0. The Kier molecular flexibility index (Phi) is 3.64. The van der Waals surface area contributed by atoms with E-state index in [-0.39, 0.29) is 0 Å². The van der Waals surface area contributed by atoms with Crippen molar-refractivity contribution in [2.24, 2.45) is 5.92 Å². The van der Waals surface area contributed by atoms with Crippen LogP contribution >= 0.6 is 0 Å². The standard InChI is InChI=1S/C10H18O/c1-3-6-9(2)10-7-4-5-8-11-10/h3,6,9-10H,4-5,7-8H2,1-2H3/b6-3+. The van der Waals surface area contributed by atoms with E-state index in [4.69, 9.17) is 4.74 Å². The molecule has 0 aromatic carbocycles. The molecule has 1 heteroatoms. The number of allylic oxidation sites excluding steroid dienone is 1. The van der Waals surface area contributed by atoms with Crippen LogP contribution < -0.4 is 0 Å². The first kappa shape index (κ1) is 8.79. The summed E-state index contributed by atoms with van der Waals surface area (Å²) >= 11 is 0. The highest BCUT2D eigenvalue weighted by atomic mass is 16.5. The molecule has 1 rings (SSSR count). The van der Waals surface area contributed by atoms with Gasteiger partial charge in [0, 0.05) is 12.5 Å². The van der Waals surface area contributed by atoms with E-state index in [9.17, 15) is 0 Å². The first-order valence-corrected chi connectivity index (χ1v) is 4.59. The van der Waals surface area contributed by atoms with Crippen molar-refractivity contribution >= 4 is 0 Å². The van der Waals surface area contributed by atoms with Crippen LogP contribution in [0.25, 0.3) is 0 Å². The first-order chi connectivity index (χ1) is 5.34. The van der Waals surface area contributed by atoms with Gasteiger partial charge in [-0.15, -0.1) is 0 Å². The van der Waals surface area contributed by atoms with Crippen LogP contribution in [-0.2, 0) is 4.74 Å². The van der Waals surface area contributed by atoms with Crippen molar-refractivity contribution in [2.75, 3.05) is 6.61 Å². The van der Waals surface area contributed by atoms with Gasteiger partial charge in [0.2, 0.25) is 0 Å². The molecule has 1 saturated heterocycles. The van der Waals surface area contributed by atoms with Crippen molar-refractivity contribution in [1.29, 1.82) is 0 Å². The van der Waals surface area contributed by atoms with Crippen molar-refractivity contribution in [1.82, 2.24) is 0 Å². The van der Waals surface area contributed by atoms with Gasteiger partial charge in [-0.05, 0) is 26.2 Å². The lowest BCUT2D eigenvalue weighted by atomic mass is 9.97. The molecule has 11 heavy (non-hydrogen) atoms. The molecular formula is C10H18O. The fourth-order valence-corrected chi connectivity index (χ4v) is 1.61. The summed E-state index contributed by atoms with van der Waals surface area (Å²) in [5, 5.41) is 0. The molecule has 1 fully saturated rings. The maximum atomic E-state index is 5.64. The molecule has 1 aliphatic heterocycles. The van der Waals surface area contributed by atoms with E-state index < -0.39 is 0 Å². The second-order valence-electron chi connectivity index (χ2n) is 3.29. The predicted molar refractivity (Wildman–Crippen MR) is 47.6 cm³/mol. The van der Waals surface area contributed by atoms with E-state index in [1.165, 1.54) is 19.3 Å². The molecule has 0 radical (unpaired) electrons. The third-order valence-corrected chi connectivity index (χ3v) is 2.30. The Balaban J connectivity index is 2.32. The third-order valence-electron chi connectivity index (χ3n) is 2.30. The monoisotopic (exact) mass is 154 g/mol. The van der Waals surface area contributed by atoms with E-state index in [2.05, 4.69) is 26.0 Å². The molecule has 0 saturated carbocycles. The van der Waals surface area contributed by atoms with Crippen LogP contribution in [-0.4, -0.2) is 12.7 Å². The minimum Gasteiger partial charge on any atom is -0.378 e. The SMILES string of the molecule is C/C=C/C(C)C1CCCCO1. The lowest BCUT2D eigenvalue weighted by Crippen LogP contribution is -2.24. The zero-order chi connectivity index (χ0) is 8.10. The Morgan fingerprint density at radius 2 is 2.27 bits per heavy atom. The maximum Gasteiger partial charge on any atom is 0.0635 e. The molecule has 0 aromatic heterocycles. The van der Waals surface area contributed by atoms with Crippen LogP contribution in [0.3, 0.4) is 0 Å². The second-order valence-corrected chi connectivity index (χ2v) is 3.29. The molecule has 1 nitrogen and oxygen atoms in total. The zero-order valence-corrected chi connectivity index (χ0v) is 7.55. The molecule has 64 valence electrons. The molecule has 0 aromatic rings. The summed E-state index contributed by atoms with van der Waals surface area (Å²) in [6.07, 6.45) is 8.66. The minimum atomic E-state index is 0.486. The van der Waals surface area contributed by atoms with Gasteiger partial charge in [-0.25, -0.2) is 0 Å². The Bertz CT molecular complexity index is 123. The van der Waals surface area contributed by atoms with Gasteiger partial charge in [-0.3, -0.25) is 0 Å². The molecule has 2 unspecified atom stereocenters. The van der Waals surface area contributed by atoms with E-state index in [0.717, 1.165) is 6.61 Å².